The van der Waals surface area contributed by atoms with Crippen LogP contribution in [0.2, 0.25) is 0 Å². The van der Waals surface area contributed by atoms with Crippen LogP contribution in [0, 0.1) is 18.6 Å². The number of benzene rings is 2. The molecule has 0 aliphatic rings. The van der Waals surface area contributed by atoms with Crippen LogP contribution in [0.15, 0.2) is 41.4 Å². The number of para-hydroxylation sites is 2. The van der Waals surface area contributed by atoms with Crippen molar-refractivity contribution in [3.63, 3.8) is 0 Å². The number of nitrogens with zero attached hydrogens (tertiary/aromatic N) is 2. The Kier molecular flexibility index (Phi) is 8.65. The van der Waals surface area contributed by atoms with Crippen LogP contribution in [0.5, 0.6) is 0 Å². The Morgan fingerprint density at radius 2 is 1.64 bits per heavy atom. The molecule has 0 amide bonds. The third-order valence-corrected chi connectivity index (χ3v) is 2.76. The van der Waals surface area contributed by atoms with Crippen LogP contribution in [-0.4, -0.2) is 13.3 Å². The van der Waals surface area contributed by atoms with E-state index in [1.54, 1.807) is 13.1 Å². The molecular weight excluding hydrogens is 365 g/mol. The van der Waals surface area contributed by atoms with E-state index in [2.05, 4.69) is 10.3 Å². The van der Waals surface area contributed by atoms with Gasteiger partial charge in [-0.2, -0.15) is 0 Å². The van der Waals surface area contributed by atoms with Crippen LogP contribution in [0.25, 0.3) is 5.32 Å². The second-order valence-electron chi connectivity index (χ2n) is 4.14. The Morgan fingerprint density at radius 3 is 2.18 bits per heavy atom. The summed E-state index contributed by atoms with van der Waals surface area (Å²) in [5, 5.41) is 4.15. The molecule has 0 bridgehead atoms. The first-order valence-corrected chi connectivity index (χ1v) is 10.5. The van der Waals surface area contributed by atoms with Crippen LogP contribution in [0.4, 0.5) is 20.2 Å². The molecular formula is C15H13Cl2F2N2Ti-. The van der Waals surface area contributed by atoms with Gasteiger partial charge in [-0.3, -0.25) is 4.99 Å². The first kappa shape index (κ1) is 19.1. The van der Waals surface area contributed by atoms with Gasteiger partial charge < -0.3 is 5.32 Å². The van der Waals surface area contributed by atoms with E-state index in [1.807, 2.05) is 19.1 Å². The van der Waals surface area contributed by atoms with Gasteiger partial charge in [-0.1, -0.05) is 29.8 Å². The summed E-state index contributed by atoms with van der Waals surface area (Å²) >= 11 is -0.556. The topological polar surface area (TPSA) is 26.5 Å². The van der Waals surface area contributed by atoms with Crippen molar-refractivity contribution in [3.05, 3.63) is 64.5 Å². The monoisotopic (exact) mass is 377 g/mol. The molecule has 0 saturated heterocycles. The molecule has 0 N–H and O–H groups in total. The van der Waals surface area contributed by atoms with Gasteiger partial charge >= 0.3 is 35.6 Å². The fraction of sp³-hybridized carbons (Fsp3) is 0.133. The van der Waals surface area contributed by atoms with Crippen LogP contribution >= 0.6 is 18.6 Å². The molecule has 2 aromatic carbocycles. The minimum absolute atomic E-state index is 0.286. The zero-order valence-electron chi connectivity index (χ0n) is 11.9. The molecule has 0 radical (unpaired) electrons. The Hall–Kier alpha value is -0.936. The van der Waals surface area contributed by atoms with Gasteiger partial charge in [-0.05, 0) is 24.6 Å². The third kappa shape index (κ3) is 5.36. The molecule has 0 aromatic heterocycles. The molecule has 0 fully saturated rings. The second kappa shape index (κ2) is 9.96. The minimum atomic E-state index is -0.682. The molecule has 2 rings (SSSR count). The zero-order valence-corrected chi connectivity index (χ0v) is 15.0. The molecule has 0 atom stereocenters. The van der Waals surface area contributed by atoms with Gasteiger partial charge in [0.2, 0.25) is 0 Å². The van der Waals surface area contributed by atoms with Crippen molar-refractivity contribution in [2.75, 3.05) is 7.05 Å². The molecule has 2 aromatic rings. The Morgan fingerprint density at radius 1 is 1.09 bits per heavy atom. The van der Waals surface area contributed by atoms with Gasteiger partial charge in [0.1, 0.15) is 5.69 Å². The fourth-order valence-corrected chi connectivity index (χ4v) is 1.84. The van der Waals surface area contributed by atoms with Crippen LogP contribution in [-0.2, 0) is 17.0 Å². The summed E-state index contributed by atoms with van der Waals surface area (Å²) < 4.78 is 26.9. The number of hydrogen-bond acceptors (Lipinski definition) is 1. The van der Waals surface area contributed by atoms with E-state index in [0.717, 1.165) is 16.8 Å². The van der Waals surface area contributed by atoms with E-state index in [4.69, 9.17) is 18.6 Å². The van der Waals surface area contributed by atoms with E-state index in [-0.39, 0.29) is 5.69 Å². The Bertz CT molecular complexity index is 631. The number of aryl methyl sites for hydroxylation is 1. The van der Waals surface area contributed by atoms with Crippen molar-refractivity contribution in [2.24, 2.45) is 4.99 Å². The normalized spacial score (nSPS) is 10.1. The van der Waals surface area contributed by atoms with Gasteiger partial charge in [-0.15, -0.1) is 12.7 Å². The van der Waals surface area contributed by atoms with Crippen LogP contribution in [0.3, 0.4) is 0 Å². The molecule has 22 heavy (non-hydrogen) atoms. The van der Waals surface area contributed by atoms with E-state index >= 15 is 0 Å². The number of hydrogen-bond donors (Lipinski definition) is 0. The van der Waals surface area contributed by atoms with E-state index in [9.17, 15) is 8.78 Å². The zero-order chi connectivity index (χ0) is 16.5. The van der Waals surface area contributed by atoms with Crippen molar-refractivity contribution in [3.8, 4) is 0 Å². The van der Waals surface area contributed by atoms with Gasteiger partial charge in [0.05, 0.1) is 0 Å². The summed E-state index contributed by atoms with van der Waals surface area (Å²) in [6.07, 6.45) is 1.43. The van der Waals surface area contributed by atoms with Crippen molar-refractivity contribution < 1.29 is 25.8 Å². The summed E-state index contributed by atoms with van der Waals surface area (Å²) in [5.74, 6) is -1.36. The predicted molar refractivity (Wildman–Crippen MR) is 85.4 cm³/mol. The maximum atomic E-state index is 13.4. The average molecular weight is 378 g/mol. The molecule has 116 valence electrons. The molecule has 7 heteroatoms. The maximum absolute atomic E-state index is 13.4. The molecule has 0 unspecified atom stereocenters. The SMILES string of the molecule is C[N-]c1c(C)cccc1C=Nc1c(F)cccc1F.[Cl][Ti][Cl]. The molecule has 0 aliphatic heterocycles. The summed E-state index contributed by atoms with van der Waals surface area (Å²) in [7, 11) is 11.4. The van der Waals surface area contributed by atoms with Crippen molar-refractivity contribution in [1.29, 1.82) is 0 Å². The first-order valence-electron chi connectivity index (χ1n) is 6.19. The van der Waals surface area contributed by atoms with Crippen molar-refractivity contribution in [1.82, 2.24) is 0 Å². The van der Waals surface area contributed by atoms with Crippen molar-refractivity contribution >= 4 is 36.2 Å². The molecule has 0 spiro atoms. The predicted octanol–water partition coefficient (Wildman–Crippen LogP) is 6.04. The molecule has 2 nitrogen and oxygen atoms in total. The standard InChI is InChI=1S/C15H13F2N2.2ClH.Ti/c1-10-5-3-6-11(14(10)18-2)9-19-15-12(16)7-4-8-13(15)17;;;/h3-9H,1-2H3;2*1H;/q-1;;;+2/p-2. The van der Waals surface area contributed by atoms with Crippen LogP contribution < -0.4 is 0 Å². The number of halogens is 4. The van der Waals surface area contributed by atoms with E-state index < -0.39 is 28.7 Å². The van der Waals surface area contributed by atoms with Gasteiger partial charge in [0.25, 0.3) is 0 Å². The third-order valence-electron chi connectivity index (χ3n) is 2.76. The van der Waals surface area contributed by atoms with Crippen LogP contribution in [0.1, 0.15) is 11.1 Å². The Balaban J connectivity index is 0.000000745. The summed E-state index contributed by atoms with van der Waals surface area (Å²) in [6, 6.07) is 9.24. The number of rotatable bonds is 3. The summed E-state index contributed by atoms with van der Waals surface area (Å²) in [6.45, 7) is 1.92. The molecule has 0 aliphatic carbocycles. The average Bonchev–Trinajstić information content (AvgIpc) is 2.47. The second-order valence-corrected chi connectivity index (χ2v) is 6.72. The quantitative estimate of drug-likeness (QED) is 0.460. The van der Waals surface area contributed by atoms with Crippen molar-refractivity contribution in [2.45, 2.75) is 6.92 Å². The van der Waals surface area contributed by atoms with Gasteiger partial charge in [-0.25, -0.2) is 8.78 Å². The van der Waals surface area contributed by atoms with E-state index in [0.29, 0.717) is 0 Å². The number of aliphatic imine (C=N–C) groups is 1. The fourth-order valence-electron chi connectivity index (χ4n) is 1.84. The van der Waals surface area contributed by atoms with Gasteiger partial charge in [0.15, 0.2) is 11.6 Å². The van der Waals surface area contributed by atoms with Gasteiger partial charge in [0, 0.05) is 6.21 Å². The molecule has 0 saturated carbocycles. The summed E-state index contributed by atoms with van der Waals surface area (Å²) in [5.41, 5.74) is 2.19. The first-order chi connectivity index (χ1) is 10.5. The van der Waals surface area contributed by atoms with E-state index in [1.165, 1.54) is 24.4 Å². The summed E-state index contributed by atoms with van der Waals surface area (Å²) in [4.78, 5) is 3.89. The Labute approximate surface area is 145 Å². The molecule has 0 heterocycles.